The molecule has 0 atom stereocenters. The molecule has 2 N–H and O–H groups in total. The summed E-state index contributed by atoms with van der Waals surface area (Å²) in [5.41, 5.74) is 6.09. The van der Waals surface area contributed by atoms with Crippen molar-refractivity contribution in [2.24, 2.45) is 0 Å². The summed E-state index contributed by atoms with van der Waals surface area (Å²) < 4.78 is 5.21. The second kappa shape index (κ2) is 9.68. The zero-order valence-electron chi connectivity index (χ0n) is 21.6. The van der Waals surface area contributed by atoms with E-state index in [9.17, 15) is 19.2 Å². The molecule has 194 valence electrons. The van der Waals surface area contributed by atoms with E-state index >= 15 is 0 Å². The first-order valence-electron chi connectivity index (χ1n) is 12.3. The van der Waals surface area contributed by atoms with Crippen LogP contribution in [0.1, 0.15) is 63.0 Å². The van der Waals surface area contributed by atoms with Crippen molar-refractivity contribution in [3.05, 3.63) is 113 Å². The number of anilines is 1. The van der Waals surface area contributed by atoms with Gasteiger partial charge in [0.2, 0.25) is 0 Å². The normalized spacial score (nSPS) is 12.4. The molecule has 39 heavy (non-hydrogen) atoms. The Bertz CT molecular complexity index is 1680. The lowest BCUT2D eigenvalue weighted by molar-refractivity contribution is 0.0633. The van der Waals surface area contributed by atoms with Crippen molar-refractivity contribution in [1.29, 1.82) is 0 Å². The number of hydrogen-bond donors (Lipinski definition) is 2. The average molecular weight is 520 g/mol. The molecule has 0 saturated carbocycles. The molecule has 0 unspecified atom stereocenters. The van der Waals surface area contributed by atoms with Crippen molar-refractivity contribution in [2.45, 2.75) is 26.4 Å². The summed E-state index contributed by atoms with van der Waals surface area (Å²) in [6, 6.07) is 24.8. The van der Waals surface area contributed by atoms with Crippen LogP contribution in [-0.2, 0) is 4.74 Å². The first kappa shape index (κ1) is 25.6. The highest BCUT2D eigenvalue weighted by Crippen LogP contribution is 2.38. The van der Waals surface area contributed by atoms with Gasteiger partial charge in [-0.1, -0.05) is 60.7 Å². The number of aromatic carboxylic acids is 1. The summed E-state index contributed by atoms with van der Waals surface area (Å²) in [5, 5.41) is 11.6. The third-order valence-corrected chi connectivity index (χ3v) is 6.34. The fourth-order valence-electron chi connectivity index (χ4n) is 4.69. The number of ether oxygens (including phenoxy) is 1. The summed E-state index contributed by atoms with van der Waals surface area (Å²) in [6.45, 7) is 5.40. The molecule has 4 aromatic rings. The maximum atomic E-state index is 12.4. The Morgan fingerprint density at radius 1 is 0.641 bits per heavy atom. The molecular weight excluding hydrogens is 494 g/mol. The van der Waals surface area contributed by atoms with Gasteiger partial charge in [-0.25, -0.2) is 9.59 Å². The van der Waals surface area contributed by atoms with E-state index in [-0.39, 0.29) is 17.1 Å². The van der Waals surface area contributed by atoms with E-state index in [0.29, 0.717) is 27.9 Å². The molecular formula is C32H25NO6. The second-order valence-electron chi connectivity index (χ2n) is 10.2. The first-order chi connectivity index (χ1) is 18.5. The number of fused-ring (bicyclic) bond motifs is 6. The molecule has 0 bridgehead atoms. The molecule has 7 nitrogen and oxygen atoms in total. The van der Waals surface area contributed by atoms with Crippen LogP contribution in [0.3, 0.4) is 0 Å². The topological polar surface area (TPSA) is 110 Å². The van der Waals surface area contributed by atoms with Gasteiger partial charge in [0.15, 0.2) is 11.6 Å². The number of carbonyl (C=O) groups excluding carboxylic acids is 3. The number of nitrogens with one attached hydrogen (secondary N) is 1. The van der Waals surface area contributed by atoms with Gasteiger partial charge in [-0.05, 0) is 67.3 Å². The number of carboxylic acid groups (broad SMARTS) is 1. The number of hydrogen-bond acceptors (Lipinski definition) is 5. The van der Waals surface area contributed by atoms with Crippen molar-refractivity contribution >= 4 is 29.3 Å². The van der Waals surface area contributed by atoms with Gasteiger partial charge in [-0.3, -0.25) is 14.9 Å². The summed E-state index contributed by atoms with van der Waals surface area (Å²) in [4.78, 5) is 47.2. The maximum Gasteiger partial charge on any atom is 0.412 e. The lowest BCUT2D eigenvalue weighted by atomic mass is 10.0. The van der Waals surface area contributed by atoms with Gasteiger partial charge in [-0.2, -0.15) is 0 Å². The monoisotopic (exact) mass is 519 g/mol. The van der Waals surface area contributed by atoms with Crippen molar-refractivity contribution in [2.75, 3.05) is 5.32 Å². The van der Waals surface area contributed by atoms with Gasteiger partial charge < -0.3 is 9.84 Å². The van der Waals surface area contributed by atoms with E-state index in [0.717, 1.165) is 22.3 Å². The minimum atomic E-state index is -1.02. The minimum Gasteiger partial charge on any atom is -0.478 e. The Morgan fingerprint density at radius 3 is 1.62 bits per heavy atom. The number of benzene rings is 4. The highest BCUT2D eigenvalue weighted by molar-refractivity contribution is 6.23. The molecule has 1 amide bonds. The Labute approximate surface area is 225 Å². The Hall–Kier alpha value is -5.04. The SMILES string of the molecule is CC(C)(C)OC(=O)Nc1ccc2c(c1)C(=O)c1ccccc1-2.O=C(O)c1ccc2c(c1)C(=O)c1ccccc1-2. The largest absolute Gasteiger partial charge is 0.478 e. The Balaban J connectivity index is 0.000000163. The molecule has 2 aliphatic rings. The van der Waals surface area contributed by atoms with Gasteiger partial charge in [0, 0.05) is 27.9 Å². The van der Waals surface area contributed by atoms with Gasteiger partial charge in [0.1, 0.15) is 5.60 Å². The van der Waals surface area contributed by atoms with Gasteiger partial charge in [0.05, 0.1) is 5.56 Å². The van der Waals surface area contributed by atoms with E-state index in [1.54, 1.807) is 51.1 Å². The molecule has 0 fully saturated rings. The van der Waals surface area contributed by atoms with E-state index in [4.69, 9.17) is 9.84 Å². The molecule has 6 rings (SSSR count). The van der Waals surface area contributed by atoms with Gasteiger partial charge >= 0.3 is 12.1 Å². The Kier molecular flexibility index (Phi) is 6.36. The summed E-state index contributed by atoms with van der Waals surface area (Å²) in [5.74, 6) is -1.13. The minimum absolute atomic E-state index is 0.0153. The fraction of sp³-hybridized carbons (Fsp3) is 0.125. The van der Waals surface area contributed by atoms with Crippen LogP contribution in [0.4, 0.5) is 10.5 Å². The third kappa shape index (κ3) is 4.94. The van der Waals surface area contributed by atoms with E-state index in [1.807, 2.05) is 42.5 Å². The van der Waals surface area contributed by atoms with Crippen LogP contribution >= 0.6 is 0 Å². The standard InChI is InChI=1S/C18H17NO3.C14H8O3/c1-18(2,3)22-17(21)19-11-8-9-13-12-6-4-5-7-14(12)16(20)15(13)10-11;15-13-11-4-2-1-3-9(11)10-6-5-8(14(16)17)7-12(10)13/h4-10H,1-3H3,(H,19,21);1-7H,(H,16,17). The molecule has 2 aliphatic carbocycles. The molecule has 7 heteroatoms. The quantitative estimate of drug-likeness (QED) is 0.259. The van der Waals surface area contributed by atoms with Gasteiger partial charge in [-0.15, -0.1) is 0 Å². The maximum absolute atomic E-state index is 12.4. The average Bonchev–Trinajstić information content (AvgIpc) is 3.34. The van der Waals surface area contributed by atoms with E-state index in [2.05, 4.69) is 5.32 Å². The van der Waals surface area contributed by atoms with Crippen LogP contribution in [0.15, 0.2) is 84.9 Å². The van der Waals surface area contributed by atoms with Crippen LogP contribution in [0.5, 0.6) is 0 Å². The fourth-order valence-corrected chi connectivity index (χ4v) is 4.69. The third-order valence-electron chi connectivity index (χ3n) is 6.34. The molecule has 4 aromatic carbocycles. The van der Waals surface area contributed by atoms with E-state index < -0.39 is 17.7 Å². The van der Waals surface area contributed by atoms with Crippen LogP contribution in [0, 0.1) is 0 Å². The van der Waals surface area contributed by atoms with Crippen molar-refractivity contribution in [1.82, 2.24) is 0 Å². The lowest BCUT2D eigenvalue weighted by Gasteiger charge is -2.19. The second-order valence-corrected chi connectivity index (χ2v) is 10.2. The first-order valence-corrected chi connectivity index (χ1v) is 12.3. The lowest BCUT2D eigenvalue weighted by Crippen LogP contribution is -2.27. The van der Waals surface area contributed by atoms with Crippen LogP contribution in [-0.4, -0.2) is 34.3 Å². The number of carboxylic acids is 1. The van der Waals surface area contributed by atoms with Crippen LogP contribution in [0.25, 0.3) is 22.3 Å². The van der Waals surface area contributed by atoms with Crippen LogP contribution < -0.4 is 5.32 Å². The predicted molar refractivity (Wildman–Crippen MR) is 147 cm³/mol. The number of ketones is 2. The van der Waals surface area contributed by atoms with E-state index in [1.165, 1.54) is 12.1 Å². The summed E-state index contributed by atoms with van der Waals surface area (Å²) in [7, 11) is 0. The smallest absolute Gasteiger partial charge is 0.412 e. The highest BCUT2D eigenvalue weighted by atomic mass is 16.6. The molecule has 0 spiro atoms. The summed E-state index contributed by atoms with van der Waals surface area (Å²) >= 11 is 0. The van der Waals surface area contributed by atoms with Crippen molar-refractivity contribution < 1.29 is 29.0 Å². The molecule has 0 radical (unpaired) electrons. The molecule has 0 aliphatic heterocycles. The molecule has 0 heterocycles. The highest BCUT2D eigenvalue weighted by Gasteiger charge is 2.28. The summed E-state index contributed by atoms with van der Waals surface area (Å²) in [6.07, 6.45) is -0.532. The number of rotatable bonds is 2. The number of carbonyl (C=O) groups is 4. The number of amides is 1. The van der Waals surface area contributed by atoms with Gasteiger partial charge in [0.25, 0.3) is 0 Å². The predicted octanol–water partition coefficient (Wildman–Crippen LogP) is 6.84. The van der Waals surface area contributed by atoms with Crippen molar-refractivity contribution in [3.63, 3.8) is 0 Å². The zero-order chi connectivity index (χ0) is 27.9. The Morgan fingerprint density at radius 2 is 1.10 bits per heavy atom. The van der Waals surface area contributed by atoms with Crippen LogP contribution in [0.2, 0.25) is 0 Å². The van der Waals surface area contributed by atoms with Crippen molar-refractivity contribution in [3.8, 4) is 22.3 Å². The zero-order valence-corrected chi connectivity index (χ0v) is 21.6. The molecule has 0 aromatic heterocycles. The molecule has 0 saturated heterocycles.